The molecule has 1 atom stereocenters. The predicted octanol–water partition coefficient (Wildman–Crippen LogP) is 4.62. The zero-order chi connectivity index (χ0) is 17.1. The van der Waals surface area contributed by atoms with Crippen LogP contribution in [0.3, 0.4) is 0 Å². The minimum atomic E-state index is -2.19. The van der Waals surface area contributed by atoms with Crippen molar-refractivity contribution in [3.8, 4) is 0 Å². The molecule has 1 aromatic rings. The molecule has 0 aromatic heterocycles. The first-order valence-electron chi connectivity index (χ1n) is 7.64. The smallest absolute Gasteiger partial charge is 0.139 e. The number of aliphatic hydroxyl groups excluding tert-OH is 1. The molecule has 0 aliphatic rings. The Bertz CT molecular complexity index is 577. The molecule has 0 saturated heterocycles. The molecule has 22 heavy (non-hydrogen) atoms. The van der Waals surface area contributed by atoms with Gasteiger partial charge in [0.25, 0.3) is 0 Å². The van der Waals surface area contributed by atoms with Crippen molar-refractivity contribution >= 4 is 19.1 Å². The number of aliphatic hydroxyl groups is 1. The van der Waals surface area contributed by atoms with E-state index in [-0.39, 0.29) is 10.4 Å². The summed E-state index contributed by atoms with van der Waals surface area (Å²) in [6.07, 6.45) is 0.782. The molecule has 0 aliphatic heterocycles. The van der Waals surface area contributed by atoms with Gasteiger partial charge in [-0.1, -0.05) is 70.8 Å². The number of rotatable bonds is 5. The van der Waals surface area contributed by atoms with Gasteiger partial charge in [0.05, 0.1) is 0 Å². The van der Waals surface area contributed by atoms with E-state index in [9.17, 15) is 9.90 Å². The van der Waals surface area contributed by atoms with Gasteiger partial charge in [-0.15, -0.1) is 0 Å². The molecule has 1 aromatic carbocycles. The van der Waals surface area contributed by atoms with Crippen molar-refractivity contribution in [2.75, 3.05) is 0 Å². The average Bonchev–Trinajstić information content (AvgIpc) is 2.45. The van der Waals surface area contributed by atoms with Crippen molar-refractivity contribution in [3.05, 3.63) is 54.1 Å². The average molecular weight is 317 g/mol. The molecular weight excluding hydrogens is 288 g/mol. The third-order valence-electron chi connectivity index (χ3n) is 4.73. The maximum absolute atomic E-state index is 12.7. The summed E-state index contributed by atoms with van der Waals surface area (Å²) in [6.45, 7) is 16.1. The molecule has 0 spiro atoms. The van der Waals surface area contributed by atoms with Crippen molar-refractivity contribution < 1.29 is 9.90 Å². The Hall–Kier alpha value is -1.45. The van der Waals surface area contributed by atoms with Crippen LogP contribution in [0.2, 0.25) is 18.1 Å². The van der Waals surface area contributed by atoms with Crippen LogP contribution in [-0.4, -0.2) is 24.7 Å². The summed E-state index contributed by atoms with van der Waals surface area (Å²) in [5.41, 5.74) is 2.29. The first kappa shape index (κ1) is 18.6. The maximum Gasteiger partial charge on any atom is 0.139 e. The van der Waals surface area contributed by atoms with Gasteiger partial charge in [0, 0.05) is 5.57 Å². The SMILES string of the molecule is C=C(C(=O)[Si](C)(C)C(C)(C)C)C(O)/C=C(\C)c1ccccc1. The summed E-state index contributed by atoms with van der Waals surface area (Å²) in [6, 6.07) is 9.82. The summed E-state index contributed by atoms with van der Waals surface area (Å²) in [5, 5.41) is 10.4. The predicted molar refractivity (Wildman–Crippen MR) is 97.4 cm³/mol. The number of hydrogen-bond donors (Lipinski definition) is 1. The summed E-state index contributed by atoms with van der Waals surface area (Å²) >= 11 is 0. The van der Waals surface area contributed by atoms with Crippen LogP contribution < -0.4 is 0 Å². The van der Waals surface area contributed by atoms with Crippen LogP contribution in [-0.2, 0) is 4.79 Å². The number of benzene rings is 1. The highest BCUT2D eigenvalue weighted by molar-refractivity contribution is 7.08. The molecule has 3 heteroatoms. The molecule has 0 radical (unpaired) electrons. The summed E-state index contributed by atoms with van der Waals surface area (Å²) in [4.78, 5) is 12.7. The van der Waals surface area contributed by atoms with E-state index in [1.807, 2.05) is 50.3 Å². The van der Waals surface area contributed by atoms with E-state index in [1.54, 1.807) is 6.08 Å². The Balaban J connectivity index is 2.97. The molecule has 120 valence electrons. The van der Waals surface area contributed by atoms with Gasteiger partial charge in [-0.3, -0.25) is 0 Å². The van der Waals surface area contributed by atoms with Gasteiger partial charge in [0.15, 0.2) is 0 Å². The highest BCUT2D eigenvalue weighted by Crippen LogP contribution is 2.38. The van der Waals surface area contributed by atoms with Crippen molar-refractivity contribution in [2.45, 2.75) is 51.9 Å². The summed E-state index contributed by atoms with van der Waals surface area (Å²) in [5.74, 6) is 0. The molecule has 0 fully saturated rings. The lowest BCUT2D eigenvalue weighted by Gasteiger charge is -2.36. The second kappa shape index (κ2) is 6.76. The largest absolute Gasteiger partial charge is 0.384 e. The van der Waals surface area contributed by atoms with E-state index < -0.39 is 14.2 Å². The van der Waals surface area contributed by atoms with E-state index in [0.717, 1.165) is 11.1 Å². The normalized spacial score (nSPS) is 14.6. The van der Waals surface area contributed by atoms with Crippen molar-refractivity contribution in [3.63, 3.8) is 0 Å². The zero-order valence-electron chi connectivity index (χ0n) is 14.6. The van der Waals surface area contributed by atoms with Crippen molar-refractivity contribution in [1.82, 2.24) is 0 Å². The van der Waals surface area contributed by atoms with Crippen LogP contribution in [0, 0.1) is 0 Å². The fourth-order valence-electron chi connectivity index (χ4n) is 2.01. The van der Waals surface area contributed by atoms with E-state index >= 15 is 0 Å². The van der Waals surface area contributed by atoms with Crippen LogP contribution in [0.25, 0.3) is 5.57 Å². The molecular formula is C19H28O2Si. The second-order valence-electron chi connectivity index (χ2n) is 7.39. The van der Waals surface area contributed by atoms with Gasteiger partial charge in [0.1, 0.15) is 19.6 Å². The molecule has 0 heterocycles. The van der Waals surface area contributed by atoms with Gasteiger partial charge in [0.2, 0.25) is 0 Å². The highest BCUT2D eigenvalue weighted by Gasteiger charge is 2.43. The van der Waals surface area contributed by atoms with E-state index in [2.05, 4.69) is 27.4 Å². The Morgan fingerprint density at radius 2 is 1.73 bits per heavy atom. The molecule has 0 bridgehead atoms. The lowest BCUT2D eigenvalue weighted by Crippen LogP contribution is -2.48. The lowest BCUT2D eigenvalue weighted by molar-refractivity contribution is -0.110. The second-order valence-corrected chi connectivity index (χ2v) is 12.6. The van der Waals surface area contributed by atoms with Crippen molar-refractivity contribution in [2.24, 2.45) is 0 Å². The van der Waals surface area contributed by atoms with Gasteiger partial charge < -0.3 is 9.90 Å². The lowest BCUT2D eigenvalue weighted by atomic mass is 10.0. The van der Waals surface area contributed by atoms with Gasteiger partial charge in [-0.05, 0) is 29.2 Å². The summed E-state index contributed by atoms with van der Waals surface area (Å²) < 4.78 is 0. The van der Waals surface area contributed by atoms with E-state index in [1.165, 1.54) is 0 Å². The maximum atomic E-state index is 12.7. The van der Waals surface area contributed by atoms with E-state index in [0.29, 0.717) is 5.57 Å². The number of carbonyl (C=O) groups excluding carboxylic acids is 1. The van der Waals surface area contributed by atoms with Crippen LogP contribution in [0.1, 0.15) is 33.3 Å². The zero-order valence-corrected chi connectivity index (χ0v) is 15.6. The van der Waals surface area contributed by atoms with Crippen LogP contribution in [0.5, 0.6) is 0 Å². The molecule has 1 unspecified atom stereocenters. The summed E-state index contributed by atoms with van der Waals surface area (Å²) in [7, 11) is -2.19. The van der Waals surface area contributed by atoms with Crippen LogP contribution >= 0.6 is 0 Å². The number of allylic oxidation sites excluding steroid dienone is 1. The van der Waals surface area contributed by atoms with Gasteiger partial charge in [-0.25, -0.2) is 0 Å². The third kappa shape index (κ3) is 4.05. The molecule has 2 nitrogen and oxygen atoms in total. The van der Waals surface area contributed by atoms with Crippen LogP contribution in [0.15, 0.2) is 48.6 Å². The Morgan fingerprint density at radius 1 is 1.23 bits per heavy atom. The molecule has 0 amide bonds. The Kier molecular flexibility index (Phi) is 5.71. The van der Waals surface area contributed by atoms with Crippen molar-refractivity contribution in [1.29, 1.82) is 0 Å². The molecule has 0 saturated carbocycles. The topological polar surface area (TPSA) is 37.3 Å². The Labute approximate surface area is 135 Å². The molecule has 1 N–H and O–H groups in total. The minimum absolute atomic E-state index is 0.0459. The fraction of sp³-hybridized carbons (Fsp3) is 0.421. The van der Waals surface area contributed by atoms with Gasteiger partial charge >= 0.3 is 0 Å². The highest BCUT2D eigenvalue weighted by atomic mass is 28.3. The quantitative estimate of drug-likeness (QED) is 0.635. The van der Waals surface area contributed by atoms with Crippen LogP contribution in [0.4, 0.5) is 0 Å². The monoisotopic (exact) mass is 316 g/mol. The number of carbonyl (C=O) groups is 1. The van der Waals surface area contributed by atoms with E-state index in [4.69, 9.17) is 0 Å². The first-order valence-corrected chi connectivity index (χ1v) is 10.6. The number of hydrogen-bond acceptors (Lipinski definition) is 2. The van der Waals surface area contributed by atoms with Gasteiger partial charge in [-0.2, -0.15) is 0 Å². The standard InChI is InChI=1S/C19H28O2Si/c1-14(16-11-9-8-10-12-16)13-17(20)15(2)18(21)22(6,7)19(3,4)5/h8-13,17,20H,2H2,1,3-7H3/b14-13+. The molecule has 0 aliphatic carbocycles. The molecule has 1 rings (SSSR count). The first-order chi connectivity index (χ1) is 9.98. The minimum Gasteiger partial charge on any atom is -0.384 e. The fourth-order valence-corrected chi connectivity index (χ4v) is 3.64. The Morgan fingerprint density at radius 3 is 2.18 bits per heavy atom. The third-order valence-corrected chi connectivity index (χ3v) is 9.93.